The van der Waals surface area contributed by atoms with Gasteiger partial charge in [0.15, 0.2) is 0 Å². The molecule has 2 aromatic carbocycles. The molecule has 3 rings (SSSR count). The predicted octanol–water partition coefficient (Wildman–Crippen LogP) is 0.370. The summed E-state index contributed by atoms with van der Waals surface area (Å²) < 4.78 is 0. The van der Waals surface area contributed by atoms with E-state index < -0.39 is 0 Å². The van der Waals surface area contributed by atoms with Crippen LogP contribution in [0, 0.1) is 13.0 Å². The zero-order chi connectivity index (χ0) is 9.54. The summed E-state index contributed by atoms with van der Waals surface area (Å²) in [6.07, 6.45) is 1.05. The van der Waals surface area contributed by atoms with Gasteiger partial charge in [0.05, 0.1) is 0 Å². The van der Waals surface area contributed by atoms with Gasteiger partial charge in [-0.05, 0) is 6.42 Å². The first-order valence-electron chi connectivity index (χ1n) is 4.95. The summed E-state index contributed by atoms with van der Waals surface area (Å²) in [5, 5.41) is 0. The zero-order valence-corrected chi connectivity index (χ0v) is 9.17. The minimum absolute atomic E-state index is 0. The molecule has 0 aliphatic heterocycles. The van der Waals surface area contributed by atoms with E-state index in [4.69, 9.17) is 0 Å². The third-order valence-corrected chi connectivity index (χ3v) is 2.85. The van der Waals surface area contributed by atoms with E-state index in [-0.39, 0.29) is 18.9 Å². The van der Waals surface area contributed by atoms with Crippen molar-refractivity contribution >= 4 is 0 Å². The minimum Gasteiger partial charge on any atom is -0.176 e. The molecule has 0 amide bonds. The van der Waals surface area contributed by atoms with E-state index in [0.717, 1.165) is 6.42 Å². The number of aryl methyl sites for hydroxylation is 1. The first kappa shape index (κ1) is 10.6. The Hall–Kier alpha value is -0.963. The monoisotopic (exact) mass is 186 g/mol. The van der Waals surface area contributed by atoms with Crippen LogP contribution >= 0.6 is 0 Å². The number of fused-ring (bicyclic) bond motifs is 3. The van der Waals surface area contributed by atoms with Crippen LogP contribution in [-0.2, 0) is 6.42 Å². The van der Waals surface area contributed by atoms with Crippen molar-refractivity contribution in [2.24, 2.45) is 0 Å². The number of hydrogen-bond donors (Lipinski definition) is 0. The quantitative estimate of drug-likeness (QED) is 0.351. The average Bonchev–Trinajstić information content (AvgIpc) is 2.54. The molecule has 68 valence electrons. The van der Waals surface area contributed by atoms with Gasteiger partial charge in [0.25, 0.3) is 0 Å². The molecule has 0 radical (unpaired) electrons. The van der Waals surface area contributed by atoms with Crippen molar-refractivity contribution in [2.75, 3.05) is 0 Å². The van der Waals surface area contributed by atoms with Crippen molar-refractivity contribution in [3.05, 3.63) is 59.2 Å². The van der Waals surface area contributed by atoms with Gasteiger partial charge in [-0.3, -0.25) is 0 Å². The fourth-order valence-corrected chi connectivity index (χ4v) is 2.18. The molecule has 0 spiro atoms. The van der Waals surface area contributed by atoms with Crippen molar-refractivity contribution in [3.8, 4) is 11.1 Å². The van der Waals surface area contributed by atoms with Gasteiger partial charge in [-0.2, -0.15) is 23.8 Å². The summed E-state index contributed by atoms with van der Waals surface area (Å²) in [5.41, 5.74) is 6.78. The van der Waals surface area contributed by atoms with Crippen LogP contribution in [0.5, 0.6) is 0 Å². The fourth-order valence-electron chi connectivity index (χ4n) is 2.18. The third-order valence-electron chi connectivity index (χ3n) is 2.85. The summed E-state index contributed by atoms with van der Waals surface area (Å²) in [6, 6.07) is 16.4. The second-order valence-corrected chi connectivity index (χ2v) is 3.87. The van der Waals surface area contributed by atoms with Crippen LogP contribution in [0.25, 0.3) is 11.1 Å². The predicted molar refractivity (Wildman–Crippen MR) is 58.3 cm³/mol. The molecule has 0 nitrogen and oxygen atoms in total. The second-order valence-electron chi connectivity index (χ2n) is 3.87. The van der Waals surface area contributed by atoms with Gasteiger partial charge in [-0.15, -0.1) is 11.1 Å². The SMILES string of the molecule is Cc1[c-]c2c(cc1)-c1ccccc1C2.[Li+]. The van der Waals surface area contributed by atoms with E-state index >= 15 is 0 Å². The topological polar surface area (TPSA) is 0 Å². The van der Waals surface area contributed by atoms with Crippen LogP contribution in [0.4, 0.5) is 0 Å². The summed E-state index contributed by atoms with van der Waals surface area (Å²) >= 11 is 0. The molecule has 0 saturated carbocycles. The summed E-state index contributed by atoms with van der Waals surface area (Å²) in [4.78, 5) is 0. The van der Waals surface area contributed by atoms with Gasteiger partial charge >= 0.3 is 18.9 Å². The number of benzene rings is 2. The van der Waals surface area contributed by atoms with Crippen molar-refractivity contribution in [1.29, 1.82) is 0 Å². The zero-order valence-electron chi connectivity index (χ0n) is 9.17. The molecule has 0 unspecified atom stereocenters. The molecule has 15 heavy (non-hydrogen) atoms. The van der Waals surface area contributed by atoms with Gasteiger partial charge in [-0.1, -0.05) is 42.3 Å². The molecule has 2 aromatic rings. The first-order chi connectivity index (χ1) is 6.84. The van der Waals surface area contributed by atoms with Crippen LogP contribution in [-0.4, -0.2) is 0 Å². The maximum atomic E-state index is 3.43. The number of rotatable bonds is 0. The molecular weight excluding hydrogens is 175 g/mol. The maximum absolute atomic E-state index is 3.43. The molecule has 1 heteroatoms. The molecule has 0 aromatic heterocycles. The Morgan fingerprint density at radius 1 is 1.00 bits per heavy atom. The smallest absolute Gasteiger partial charge is 0.176 e. The molecule has 0 saturated heterocycles. The van der Waals surface area contributed by atoms with Gasteiger partial charge < -0.3 is 0 Å². The Labute approximate surface area is 103 Å². The standard InChI is InChI=1S/C14H11.Li/c1-10-6-7-14-12(8-10)9-11-4-2-3-5-13(11)14;/h2-7H,9H2,1H3;/q-1;+1. The fraction of sp³-hybridized carbons (Fsp3) is 0.143. The van der Waals surface area contributed by atoms with Crippen LogP contribution in [0.15, 0.2) is 36.4 Å². The minimum atomic E-state index is 0. The van der Waals surface area contributed by atoms with E-state index in [1.54, 1.807) is 0 Å². The largest absolute Gasteiger partial charge is 1.00 e. The van der Waals surface area contributed by atoms with E-state index in [1.807, 2.05) is 0 Å². The molecular formula is C14H11Li. The van der Waals surface area contributed by atoms with Gasteiger partial charge in [0.1, 0.15) is 0 Å². The second kappa shape index (κ2) is 3.89. The van der Waals surface area contributed by atoms with Crippen LogP contribution in [0.2, 0.25) is 0 Å². The third kappa shape index (κ3) is 1.65. The van der Waals surface area contributed by atoms with Gasteiger partial charge in [0, 0.05) is 0 Å². The summed E-state index contributed by atoms with van der Waals surface area (Å²) in [5.74, 6) is 0. The molecule has 1 aliphatic carbocycles. The molecule has 0 heterocycles. The molecule has 0 atom stereocenters. The van der Waals surface area contributed by atoms with Crippen molar-refractivity contribution < 1.29 is 18.9 Å². The van der Waals surface area contributed by atoms with Crippen molar-refractivity contribution in [3.63, 3.8) is 0 Å². The molecule has 0 bridgehead atoms. The summed E-state index contributed by atoms with van der Waals surface area (Å²) in [6.45, 7) is 2.10. The van der Waals surface area contributed by atoms with Crippen molar-refractivity contribution in [2.45, 2.75) is 13.3 Å². The first-order valence-corrected chi connectivity index (χ1v) is 4.95. The molecule has 0 N–H and O–H groups in total. The Bertz CT molecular complexity index is 500. The Morgan fingerprint density at radius 3 is 2.67 bits per heavy atom. The van der Waals surface area contributed by atoms with E-state index in [0.29, 0.717) is 0 Å². The number of hydrogen-bond acceptors (Lipinski definition) is 0. The van der Waals surface area contributed by atoms with Crippen LogP contribution < -0.4 is 18.9 Å². The van der Waals surface area contributed by atoms with Gasteiger partial charge in [0.2, 0.25) is 0 Å². The summed E-state index contributed by atoms with van der Waals surface area (Å²) in [7, 11) is 0. The van der Waals surface area contributed by atoms with E-state index in [9.17, 15) is 0 Å². The van der Waals surface area contributed by atoms with E-state index in [1.165, 1.54) is 27.8 Å². The van der Waals surface area contributed by atoms with Crippen molar-refractivity contribution in [1.82, 2.24) is 0 Å². The van der Waals surface area contributed by atoms with Gasteiger partial charge in [-0.25, -0.2) is 0 Å². The Kier molecular flexibility index (Phi) is 2.74. The van der Waals surface area contributed by atoms with Crippen LogP contribution in [0.3, 0.4) is 0 Å². The molecule has 1 aliphatic rings. The molecule has 0 fully saturated rings. The maximum Gasteiger partial charge on any atom is 1.00 e. The average molecular weight is 186 g/mol. The van der Waals surface area contributed by atoms with Crippen LogP contribution in [0.1, 0.15) is 16.7 Å². The van der Waals surface area contributed by atoms with E-state index in [2.05, 4.69) is 49.4 Å². The Morgan fingerprint density at radius 2 is 1.80 bits per heavy atom. The normalized spacial score (nSPS) is 11.5. The Balaban J connectivity index is 0.000000853.